The lowest BCUT2D eigenvalue weighted by atomic mass is 10.4. The van der Waals surface area contributed by atoms with E-state index >= 15 is 0 Å². The number of hydrogen-bond donors (Lipinski definition) is 0. The topological polar surface area (TPSA) is 42.9 Å². The molecule has 2 aromatic heterocycles. The summed E-state index contributed by atoms with van der Waals surface area (Å²) in [5, 5.41) is 0.401. The van der Waals surface area contributed by atoms with Crippen molar-refractivity contribution < 1.29 is 4.79 Å². The third-order valence-corrected chi connectivity index (χ3v) is 2.86. The Hall–Kier alpha value is -1.00. The molecule has 0 aromatic carbocycles. The van der Waals surface area contributed by atoms with Crippen molar-refractivity contribution in [1.82, 2.24) is 9.97 Å². The molecular weight excluding hydrogens is 220 g/mol. The van der Waals surface area contributed by atoms with Crippen molar-refractivity contribution in [2.75, 3.05) is 0 Å². The molecule has 0 amide bonds. The van der Waals surface area contributed by atoms with E-state index in [0.29, 0.717) is 10.0 Å². The minimum absolute atomic E-state index is 0.401. The number of carbonyl (C=O) groups is 1. The van der Waals surface area contributed by atoms with Crippen LogP contribution in [0.3, 0.4) is 0 Å². The molecule has 5 heteroatoms. The molecule has 74 valence electrons. The van der Waals surface area contributed by atoms with Crippen LogP contribution in [0.25, 0.3) is 10.2 Å². The van der Waals surface area contributed by atoms with Crippen molar-refractivity contribution in [3.8, 4) is 0 Å². The second kappa shape index (κ2) is 5.02. The number of carbonyl (C=O) groups excluding carboxylic acids is 1. The molecule has 0 fully saturated rings. The Morgan fingerprint density at radius 1 is 1.43 bits per heavy atom. The van der Waals surface area contributed by atoms with Crippen molar-refractivity contribution in [2.24, 2.45) is 0 Å². The van der Waals surface area contributed by atoms with E-state index in [2.05, 4.69) is 9.97 Å². The first-order chi connectivity index (χ1) is 6.81. The van der Waals surface area contributed by atoms with Gasteiger partial charge in [0, 0.05) is 0 Å². The maximum atomic E-state index is 10.4. The number of fused-ring (bicyclic) bond motifs is 1. The van der Waals surface area contributed by atoms with Gasteiger partial charge in [-0.05, 0) is 6.07 Å². The first-order valence-corrected chi connectivity index (χ1v) is 5.36. The zero-order valence-electron chi connectivity index (χ0n) is 7.82. The van der Waals surface area contributed by atoms with Gasteiger partial charge in [-0.3, -0.25) is 4.79 Å². The molecule has 0 saturated heterocycles. The Morgan fingerprint density at radius 2 is 2.14 bits per heavy atom. The van der Waals surface area contributed by atoms with E-state index in [1.54, 1.807) is 6.07 Å². The summed E-state index contributed by atoms with van der Waals surface area (Å²) < 4.78 is 0.765. The number of nitrogens with zero attached hydrogens (tertiary/aromatic N) is 2. The highest BCUT2D eigenvalue weighted by molar-refractivity contribution is 7.21. The van der Waals surface area contributed by atoms with Crippen LogP contribution in [0.2, 0.25) is 5.15 Å². The lowest BCUT2D eigenvalue weighted by Gasteiger charge is -1.87. The van der Waals surface area contributed by atoms with Gasteiger partial charge in [-0.15, -0.1) is 11.3 Å². The molecule has 0 atom stereocenters. The van der Waals surface area contributed by atoms with E-state index in [1.807, 2.05) is 13.8 Å². The molecule has 0 aliphatic rings. The Morgan fingerprint density at radius 3 is 2.71 bits per heavy atom. The van der Waals surface area contributed by atoms with Gasteiger partial charge in [-0.2, -0.15) is 0 Å². The highest BCUT2D eigenvalue weighted by Gasteiger charge is 2.05. The number of thiophene rings is 1. The normalized spacial score (nSPS) is 9.36. The molecule has 0 aliphatic heterocycles. The van der Waals surface area contributed by atoms with Crippen molar-refractivity contribution in [2.45, 2.75) is 13.8 Å². The van der Waals surface area contributed by atoms with Crippen LogP contribution < -0.4 is 0 Å². The molecule has 2 heterocycles. The molecule has 0 spiro atoms. The van der Waals surface area contributed by atoms with Gasteiger partial charge in [-0.25, -0.2) is 9.97 Å². The van der Waals surface area contributed by atoms with Crippen LogP contribution in [0.4, 0.5) is 0 Å². The van der Waals surface area contributed by atoms with Gasteiger partial charge in [0.25, 0.3) is 0 Å². The van der Waals surface area contributed by atoms with E-state index in [9.17, 15) is 4.79 Å². The van der Waals surface area contributed by atoms with Crippen molar-refractivity contribution in [3.05, 3.63) is 22.4 Å². The standard InChI is InChI=1S/C7H3ClN2OS.C2H6/c8-7-6-5(9-3-10-7)1-4(2-11)12-6;1-2/h1-3H;1-2H3. The molecule has 0 unspecified atom stereocenters. The summed E-state index contributed by atoms with van der Waals surface area (Å²) in [6, 6.07) is 1.70. The van der Waals surface area contributed by atoms with Crippen LogP contribution in [-0.2, 0) is 0 Å². The van der Waals surface area contributed by atoms with E-state index in [-0.39, 0.29) is 0 Å². The quantitative estimate of drug-likeness (QED) is 0.556. The number of aldehydes is 1. The first-order valence-electron chi connectivity index (χ1n) is 4.16. The molecule has 0 saturated carbocycles. The molecule has 3 nitrogen and oxygen atoms in total. The van der Waals surface area contributed by atoms with Gasteiger partial charge in [0.1, 0.15) is 11.5 Å². The number of hydrogen-bond acceptors (Lipinski definition) is 4. The smallest absolute Gasteiger partial charge is 0.160 e. The van der Waals surface area contributed by atoms with Gasteiger partial charge in [0.2, 0.25) is 0 Å². The van der Waals surface area contributed by atoms with E-state index < -0.39 is 0 Å². The molecule has 0 aliphatic carbocycles. The first kappa shape index (κ1) is 11.1. The summed E-state index contributed by atoms with van der Waals surface area (Å²) in [6.07, 6.45) is 2.16. The third kappa shape index (κ3) is 2.08. The lowest BCUT2D eigenvalue weighted by molar-refractivity contribution is 0.112. The number of halogens is 1. The maximum Gasteiger partial charge on any atom is 0.160 e. The fraction of sp³-hybridized carbons (Fsp3) is 0.222. The van der Waals surface area contributed by atoms with Crippen LogP contribution in [0.15, 0.2) is 12.4 Å². The SMILES string of the molecule is CC.O=Cc1cc2ncnc(Cl)c2s1. The van der Waals surface area contributed by atoms with Crippen LogP contribution in [-0.4, -0.2) is 16.3 Å². The molecule has 0 radical (unpaired) electrons. The molecule has 2 rings (SSSR count). The fourth-order valence-corrected chi connectivity index (χ4v) is 1.97. The summed E-state index contributed by atoms with van der Waals surface area (Å²) >= 11 is 7.07. The molecule has 0 bridgehead atoms. The third-order valence-electron chi connectivity index (χ3n) is 1.40. The van der Waals surface area contributed by atoms with Crippen LogP contribution in [0, 0.1) is 0 Å². The molecule has 14 heavy (non-hydrogen) atoms. The van der Waals surface area contributed by atoms with Crippen LogP contribution in [0.5, 0.6) is 0 Å². The summed E-state index contributed by atoms with van der Waals surface area (Å²) in [4.78, 5) is 18.8. The number of aromatic nitrogens is 2. The summed E-state index contributed by atoms with van der Waals surface area (Å²) in [6.45, 7) is 4.00. The highest BCUT2D eigenvalue weighted by atomic mass is 35.5. The van der Waals surface area contributed by atoms with E-state index in [4.69, 9.17) is 11.6 Å². The van der Waals surface area contributed by atoms with Gasteiger partial charge < -0.3 is 0 Å². The average Bonchev–Trinajstić information content (AvgIpc) is 2.65. The zero-order chi connectivity index (χ0) is 10.6. The van der Waals surface area contributed by atoms with Crippen molar-refractivity contribution in [1.29, 1.82) is 0 Å². The summed E-state index contributed by atoms with van der Waals surface area (Å²) in [5.74, 6) is 0. The van der Waals surface area contributed by atoms with Gasteiger partial charge >= 0.3 is 0 Å². The van der Waals surface area contributed by atoms with Crippen molar-refractivity contribution >= 4 is 39.4 Å². The summed E-state index contributed by atoms with van der Waals surface area (Å²) in [7, 11) is 0. The predicted molar refractivity (Wildman–Crippen MR) is 59.2 cm³/mol. The second-order valence-electron chi connectivity index (χ2n) is 2.15. The minimum Gasteiger partial charge on any atom is -0.297 e. The Bertz CT molecular complexity index is 441. The monoisotopic (exact) mass is 228 g/mol. The Kier molecular flexibility index (Phi) is 3.98. The van der Waals surface area contributed by atoms with Gasteiger partial charge in [0.15, 0.2) is 6.29 Å². The zero-order valence-corrected chi connectivity index (χ0v) is 9.39. The lowest BCUT2D eigenvalue weighted by Crippen LogP contribution is -1.76. The van der Waals surface area contributed by atoms with Gasteiger partial charge in [0.05, 0.1) is 15.1 Å². The second-order valence-corrected chi connectivity index (χ2v) is 3.59. The summed E-state index contributed by atoms with van der Waals surface area (Å²) in [5.41, 5.74) is 0.724. The van der Waals surface area contributed by atoms with E-state index in [1.165, 1.54) is 17.7 Å². The number of rotatable bonds is 1. The Balaban J connectivity index is 0.000000461. The van der Waals surface area contributed by atoms with Crippen molar-refractivity contribution in [3.63, 3.8) is 0 Å². The Labute approximate surface area is 90.8 Å². The fourth-order valence-electron chi connectivity index (χ4n) is 0.902. The molecular formula is C9H9ClN2OS. The molecule has 2 aromatic rings. The minimum atomic E-state index is 0.401. The van der Waals surface area contributed by atoms with E-state index in [0.717, 1.165) is 16.5 Å². The average molecular weight is 229 g/mol. The largest absolute Gasteiger partial charge is 0.297 e. The highest BCUT2D eigenvalue weighted by Crippen LogP contribution is 2.27. The molecule has 0 N–H and O–H groups in total. The van der Waals surface area contributed by atoms with Gasteiger partial charge in [-0.1, -0.05) is 25.4 Å². The van der Waals surface area contributed by atoms with Crippen LogP contribution in [0.1, 0.15) is 23.5 Å². The predicted octanol–water partition coefficient (Wildman–Crippen LogP) is 3.18. The van der Waals surface area contributed by atoms with Crippen LogP contribution >= 0.6 is 22.9 Å². The maximum absolute atomic E-state index is 10.4.